The standard InChI is InChI=1S/C21H30O2/c1-20-11-9-15(22-3)13-14(20)5-6-16-17-7-8-19(23-4)21(17,2)12-10-18(16)20/h5,10,13,16-17,19H,6-9,11-12H2,1-4H3/t16?,17?,19-,20-,21-/m0/s1. The van der Waals surface area contributed by atoms with Gasteiger partial charge in [0.05, 0.1) is 19.0 Å². The van der Waals surface area contributed by atoms with Crippen molar-refractivity contribution in [2.24, 2.45) is 22.7 Å². The van der Waals surface area contributed by atoms with Crippen LogP contribution in [0.3, 0.4) is 0 Å². The van der Waals surface area contributed by atoms with E-state index >= 15 is 0 Å². The van der Waals surface area contributed by atoms with Gasteiger partial charge in [0.25, 0.3) is 0 Å². The van der Waals surface area contributed by atoms with Crippen molar-refractivity contribution in [2.45, 2.75) is 58.5 Å². The quantitative estimate of drug-likeness (QED) is 0.666. The molecule has 0 aromatic heterocycles. The third-order valence-corrected chi connectivity index (χ3v) is 7.57. The zero-order valence-corrected chi connectivity index (χ0v) is 15.0. The Morgan fingerprint density at radius 1 is 1.13 bits per heavy atom. The predicted molar refractivity (Wildman–Crippen MR) is 93.0 cm³/mol. The summed E-state index contributed by atoms with van der Waals surface area (Å²) in [6.07, 6.45) is 15.0. The highest BCUT2D eigenvalue weighted by Gasteiger charge is 2.55. The summed E-state index contributed by atoms with van der Waals surface area (Å²) in [5, 5.41) is 0. The number of hydrogen-bond acceptors (Lipinski definition) is 2. The van der Waals surface area contributed by atoms with E-state index in [0.717, 1.165) is 24.0 Å². The maximum atomic E-state index is 5.85. The molecule has 0 aliphatic heterocycles. The lowest BCUT2D eigenvalue weighted by molar-refractivity contribution is -0.0140. The second-order valence-corrected chi connectivity index (χ2v) is 8.43. The predicted octanol–water partition coefficient (Wildman–Crippen LogP) is 5.02. The summed E-state index contributed by atoms with van der Waals surface area (Å²) in [5.74, 6) is 2.66. The first-order valence-electron chi connectivity index (χ1n) is 9.21. The Bertz CT molecular complexity index is 599. The molecule has 126 valence electrons. The molecule has 2 nitrogen and oxygen atoms in total. The fourth-order valence-electron chi connectivity index (χ4n) is 6.12. The maximum Gasteiger partial charge on any atom is 0.0958 e. The first kappa shape index (κ1) is 15.5. The van der Waals surface area contributed by atoms with Crippen LogP contribution in [0.1, 0.15) is 52.4 Å². The summed E-state index contributed by atoms with van der Waals surface area (Å²) in [4.78, 5) is 0. The molecule has 0 amide bonds. The maximum absolute atomic E-state index is 5.85. The fourth-order valence-corrected chi connectivity index (χ4v) is 6.12. The molecule has 0 bridgehead atoms. The Hall–Kier alpha value is -1.02. The minimum Gasteiger partial charge on any atom is -0.501 e. The summed E-state index contributed by atoms with van der Waals surface area (Å²) in [6.45, 7) is 4.93. The van der Waals surface area contributed by atoms with Crippen molar-refractivity contribution in [3.05, 3.63) is 35.1 Å². The molecule has 4 rings (SSSR count). The van der Waals surface area contributed by atoms with Crippen LogP contribution in [0.5, 0.6) is 0 Å². The number of ether oxygens (including phenoxy) is 2. The highest BCUT2D eigenvalue weighted by Crippen LogP contribution is 2.62. The van der Waals surface area contributed by atoms with Crippen molar-refractivity contribution in [3.8, 4) is 0 Å². The average Bonchev–Trinajstić information content (AvgIpc) is 2.90. The van der Waals surface area contributed by atoms with Crippen LogP contribution in [0.25, 0.3) is 0 Å². The Morgan fingerprint density at radius 3 is 2.70 bits per heavy atom. The molecule has 23 heavy (non-hydrogen) atoms. The molecular weight excluding hydrogens is 284 g/mol. The number of fused-ring (bicyclic) bond motifs is 5. The minimum absolute atomic E-state index is 0.234. The lowest BCUT2D eigenvalue weighted by atomic mass is 9.53. The number of rotatable bonds is 2. The zero-order valence-electron chi connectivity index (χ0n) is 15.0. The summed E-state index contributed by atoms with van der Waals surface area (Å²) in [5.41, 5.74) is 3.79. The van der Waals surface area contributed by atoms with Crippen molar-refractivity contribution >= 4 is 0 Å². The van der Waals surface area contributed by atoms with E-state index in [2.05, 4.69) is 32.1 Å². The largest absolute Gasteiger partial charge is 0.501 e. The van der Waals surface area contributed by atoms with Gasteiger partial charge in [-0.25, -0.2) is 0 Å². The Balaban J connectivity index is 1.72. The molecule has 2 heteroatoms. The summed E-state index contributed by atoms with van der Waals surface area (Å²) >= 11 is 0. The van der Waals surface area contributed by atoms with Gasteiger partial charge in [-0.1, -0.05) is 31.6 Å². The highest BCUT2D eigenvalue weighted by atomic mass is 16.5. The normalized spacial score (nSPS) is 45.2. The van der Waals surface area contributed by atoms with Gasteiger partial charge in [-0.3, -0.25) is 0 Å². The van der Waals surface area contributed by atoms with Crippen LogP contribution < -0.4 is 0 Å². The van der Waals surface area contributed by atoms with Crippen molar-refractivity contribution in [3.63, 3.8) is 0 Å². The second kappa shape index (κ2) is 5.24. The van der Waals surface area contributed by atoms with Crippen LogP contribution in [-0.4, -0.2) is 20.3 Å². The average molecular weight is 314 g/mol. The van der Waals surface area contributed by atoms with Gasteiger partial charge >= 0.3 is 0 Å². The van der Waals surface area contributed by atoms with Crippen LogP contribution in [-0.2, 0) is 9.47 Å². The molecule has 2 unspecified atom stereocenters. The van der Waals surface area contributed by atoms with Gasteiger partial charge in [-0.2, -0.15) is 0 Å². The molecule has 4 aliphatic carbocycles. The third-order valence-electron chi connectivity index (χ3n) is 7.57. The van der Waals surface area contributed by atoms with E-state index in [0.29, 0.717) is 11.5 Å². The SMILES string of the molecule is COC1=CC2=CCC3C(=CC[C@@]4(C)C3CC[C@@H]4OC)[C@@]2(C)CC1. The first-order chi connectivity index (χ1) is 11.0. The van der Waals surface area contributed by atoms with E-state index < -0.39 is 0 Å². The van der Waals surface area contributed by atoms with Crippen molar-refractivity contribution in [2.75, 3.05) is 14.2 Å². The Labute approximate surface area is 140 Å². The topological polar surface area (TPSA) is 18.5 Å². The van der Waals surface area contributed by atoms with Crippen molar-refractivity contribution in [1.29, 1.82) is 0 Å². The van der Waals surface area contributed by atoms with Crippen LogP contribution >= 0.6 is 0 Å². The first-order valence-corrected chi connectivity index (χ1v) is 9.21. The van der Waals surface area contributed by atoms with E-state index in [1.54, 1.807) is 12.7 Å². The lowest BCUT2D eigenvalue weighted by Gasteiger charge is -2.52. The van der Waals surface area contributed by atoms with Gasteiger partial charge in [0.1, 0.15) is 0 Å². The molecule has 0 N–H and O–H groups in total. The molecule has 0 spiro atoms. The summed E-state index contributed by atoms with van der Waals surface area (Å²) < 4.78 is 11.4. The van der Waals surface area contributed by atoms with E-state index in [-0.39, 0.29) is 5.41 Å². The van der Waals surface area contributed by atoms with Crippen LogP contribution in [0.4, 0.5) is 0 Å². The van der Waals surface area contributed by atoms with Gasteiger partial charge in [0, 0.05) is 24.4 Å². The number of allylic oxidation sites excluding steroid dienone is 6. The minimum atomic E-state index is 0.234. The van der Waals surface area contributed by atoms with Gasteiger partial charge in [0.15, 0.2) is 0 Å². The molecular formula is C21H30O2. The van der Waals surface area contributed by atoms with Crippen LogP contribution in [0.15, 0.2) is 35.1 Å². The molecule has 0 heterocycles. The molecule has 4 aliphatic rings. The third kappa shape index (κ3) is 2.03. The fraction of sp³-hybridized carbons (Fsp3) is 0.714. The van der Waals surface area contributed by atoms with Crippen LogP contribution in [0, 0.1) is 22.7 Å². The van der Waals surface area contributed by atoms with E-state index in [9.17, 15) is 0 Å². The molecule has 5 atom stereocenters. The Kier molecular flexibility index (Phi) is 3.53. The number of methoxy groups -OCH3 is 2. The Morgan fingerprint density at radius 2 is 1.96 bits per heavy atom. The second-order valence-electron chi connectivity index (χ2n) is 8.43. The van der Waals surface area contributed by atoms with Gasteiger partial charge < -0.3 is 9.47 Å². The summed E-state index contributed by atoms with van der Waals surface area (Å²) in [7, 11) is 3.70. The van der Waals surface area contributed by atoms with Gasteiger partial charge in [-0.05, 0) is 55.6 Å². The summed E-state index contributed by atoms with van der Waals surface area (Å²) in [6, 6.07) is 0. The monoisotopic (exact) mass is 314 g/mol. The molecule has 0 radical (unpaired) electrons. The van der Waals surface area contributed by atoms with Gasteiger partial charge in [-0.15, -0.1) is 0 Å². The van der Waals surface area contributed by atoms with Crippen molar-refractivity contribution in [1.82, 2.24) is 0 Å². The van der Waals surface area contributed by atoms with Crippen molar-refractivity contribution < 1.29 is 9.47 Å². The zero-order chi connectivity index (χ0) is 16.2. The van der Waals surface area contributed by atoms with Gasteiger partial charge in [0.2, 0.25) is 0 Å². The van der Waals surface area contributed by atoms with E-state index in [4.69, 9.17) is 9.47 Å². The molecule has 1 fully saturated rings. The highest BCUT2D eigenvalue weighted by molar-refractivity contribution is 5.45. The lowest BCUT2D eigenvalue weighted by Crippen LogP contribution is -2.44. The molecule has 0 saturated heterocycles. The smallest absolute Gasteiger partial charge is 0.0958 e. The number of hydrogen-bond donors (Lipinski definition) is 0. The molecule has 0 aromatic carbocycles. The molecule has 0 aromatic rings. The van der Waals surface area contributed by atoms with Crippen LogP contribution in [0.2, 0.25) is 0 Å². The van der Waals surface area contributed by atoms with E-state index in [1.165, 1.54) is 37.7 Å². The van der Waals surface area contributed by atoms with E-state index in [1.807, 2.05) is 7.11 Å². The molecule has 1 saturated carbocycles.